The lowest BCUT2D eigenvalue weighted by Crippen LogP contribution is -2.52. The normalized spacial score (nSPS) is 13.6. The van der Waals surface area contributed by atoms with Crippen molar-refractivity contribution in [1.29, 1.82) is 0 Å². The van der Waals surface area contributed by atoms with E-state index in [-0.39, 0.29) is 18.4 Å². The van der Waals surface area contributed by atoms with E-state index < -0.39 is 5.97 Å². The van der Waals surface area contributed by atoms with E-state index in [1.54, 1.807) is 48.3 Å². The largest absolute Gasteiger partial charge is 0.462 e. The van der Waals surface area contributed by atoms with E-state index >= 15 is 0 Å². The predicted molar refractivity (Wildman–Crippen MR) is 106 cm³/mol. The van der Waals surface area contributed by atoms with Crippen molar-refractivity contribution in [3.8, 4) is 5.82 Å². The lowest BCUT2D eigenvalue weighted by molar-refractivity contribution is -0.120. The topological polar surface area (TPSA) is 102 Å². The van der Waals surface area contributed by atoms with Crippen LogP contribution in [0.2, 0.25) is 0 Å². The van der Waals surface area contributed by atoms with Gasteiger partial charge in [-0.2, -0.15) is 5.10 Å². The van der Waals surface area contributed by atoms with Crippen molar-refractivity contribution in [2.75, 3.05) is 29.9 Å². The van der Waals surface area contributed by atoms with Crippen molar-refractivity contribution < 1.29 is 14.3 Å². The molecule has 3 heterocycles. The van der Waals surface area contributed by atoms with E-state index in [2.05, 4.69) is 20.4 Å². The monoisotopic (exact) mass is 392 g/mol. The van der Waals surface area contributed by atoms with Crippen molar-refractivity contribution in [1.82, 2.24) is 19.7 Å². The standard InChI is InChI=1S/C20H20N6O3/c1-2-29-20(28)15-6-3-4-7-16(15)24-19(27)14-11-25(12-14)17-10-18(22-13-21-17)26-9-5-8-23-26/h3-10,13-14H,2,11-12H2,1H3,(H,24,27). The number of para-hydroxylation sites is 1. The van der Waals surface area contributed by atoms with Crippen LogP contribution in [0, 0.1) is 5.92 Å². The van der Waals surface area contributed by atoms with E-state index in [9.17, 15) is 9.59 Å². The summed E-state index contributed by atoms with van der Waals surface area (Å²) in [5.74, 6) is 0.608. The second kappa shape index (κ2) is 8.09. The minimum absolute atomic E-state index is 0.139. The molecule has 1 aliphatic heterocycles. The van der Waals surface area contributed by atoms with Gasteiger partial charge in [-0.3, -0.25) is 4.79 Å². The predicted octanol–water partition coefficient (Wildman–Crippen LogP) is 1.91. The molecule has 0 atom stereocenters. The molecule has 2 aromatic heterocycles. The molecule has 1 aliphatic rings. The van der Waals surface area contributed by atoms with Crippen molar-refractivity contribution >= 4 is 23.4 Å². The van der Waals surface area contributed by atoms with Crippen LogP contribution in [0.4, 0.5) is 11.5 Å². The molecule has 3 aromatic rings. The molecule has 0 aliphatic carbocycles. The maximum atomic E-state index is 12.6. The maximum Gasteiger partial charge on any atom is 0.340 e. The fourth-order valence-electron chi connectivity index (χ4n) is 3.08. The average Bonchev–Trinajstić information content (AvgIpc) is 3.22. The van der Waals surface area contributed by atoms with Crippen LogP contribution in [0.1, 0.15) is 17.3 Å². The molecule has 0 spiro atoms. The molecule has 1 aromatic carbocycles. The molecule has 0 unspecified atom stereocenters. The average molecular weight is 392 g/mol. The first-order chi connectivity index (χ1) is 14.2. The Kier molecular flexibility index (Phi) is 5.19. The molecule has 9 heteroatoms. The Balaban J connectivity index is 1.39. The quantitative estimate of drug-likeness (QED) is 0.639. The second-order valence-electron chi connectivity index (χ2n) is 6.54. The molecule has 0 saturated carbocycles. The number of hydrogen-bond donors (Lipinski definition) is 1. The molecular weight excluding hydrogens is 372 g/mol. The van der Waals surface area contributed by atoms with E-state index in [0.29, 0.717) is 30.2 Å². The number of nitrogens with one attached hydrogen (secondary N) is 1. The number of rotatable bonds is 6. The first kappa shape index (κ1) is 18.6. The third kappa shape index (κ3) is 3.93. The van der Waals surface area contributed by atoms with Crippen LogP contribution in [0.3, 0.4) is 0 Å². The third-order valence-electron chi connectivity index (χ3n) is 4.63. The maximum absolute atomic E-state index is 12.6. The highest BCUT2D eigenvalue weighted by Gasteiger charge is 2.34. The van der Waals surface area contributed by atoms with Gasteiger partial charge < -0.3 is 15.0 Å². The molecule has 1 saturated heterocycles. The van der Waals surface area contributed by atoms with Crippen molar-refractivity contribution in [3.05, 3.63) is 60.7 Å². The molecule has 29 heavy (non-hydrogen) atoms. The zero-order valence-corrected chi connectivity index (χ0v) is 15.9. The Bertz CT molecular complexity index is 1010. The van der Waals surface area contributed by atoms with Gasteiger partial charge in [0.15, 0.2) is 5.82 Å². The number of carbonyl (C=O) groups excluding carboxylic acids is 2. The number of ether oxygens (including phenoxy) is 1. The zero-order valence-electron chi connectivity index (χ0n) is 15.9. The summed E-state index contributed by atoms with van der Waals surface area (Å²) >= 11 is 0. The second-order valence-corrected chi connectivity index (χ2v) is 6.54. The Morgan fingerprint density at radius 2 is 1.97 bits per heavy atom. The summed E-state index contributed by atoms with van der Waals surface area (Å²) in [6.45, 7) is 3.08. The van der Waals surface area contributed by atoms with Crippen LogP contribution in [-0.4, -0.2) is 51.3 Å². The Hall–Kier alpha value is -3.75. The van der Waals surface area contributed by atoms with Gasteiger partial charge in [0.2, 0.25) is 5.91 Å². The number of aromatic nitrogens is 4. The van der Waals surface area contributed by atoms with Gasteiger partial charge in [-0.05, 0) is 25.1 Å². The van der Waals surface area contributed by atoms with Gasteiger partial charge in [-0.1, -0.05) is 12.1 Å². The highest BCUT2D eigenvalue weighted by molar-refractivity contribution is 6.02. The molecule has 1 fully saturated rings. The van der Waals surface area contributed by atoms with Gasteiger partial charge >= 0.3 is 5.97 Å². The smallest absolute Gasteiger partial charge is 0.340 e. The molecule has 1 amide bonds. The van der Waals surface area contributed by atoms with Gasteiger partial charge in [0, 0.05) is 31.5 Å². The Labute approximate surface area is 167 Å². The first-order valence-corrected chi connectivity index (χ1v) is 9.29. The summed E-state index contributed by atoms with van der Waals surface area (Å²) in [6.07, 6.45) is 4.97. The number of nitrogens with zero attached hydrogens (tertiary/aromatic N) is 5. The van der Waals surface area contributed by atoms with E-state index in [0.717, 1.165) is 5.82 Å². The van der Waals surface area contributed by atoms with Gasteiger partial charge in [0.05, 0.1) is 23.8 Å². The van der Waals surface area contributed by atoms with Crippen LogP contribution in [-0.2, 0) is 9.53 Å². The molecule has 148 valence electrons. The summed E-state index contributed by atoms with van der Waals surface area (Å²) in [4.78, 5) is 35.2. The molecule has 1 N–H and O–H groups in total. The first-order valence-electron chi connectivity index (χ1n) is 9.29. The van der Waals surface area contributed by atoms with Crippen LogP contribution >= 0.6 is 0 Å². The lowest BCUT2D eigenvalue weighted by atomic mass is 9.98. The SMILES string of the molecule is CCOC(=O)c1ccccc1NC(=O)C1CN(c2cc(-n3cccn3)ncn2)C1. The van der Waals surface area contributed by atoms with Crippen molar-refractivity contribution in [3.63, 3.8) is 0 Å². The van der Waals surface area contributed by atoms with E-state index in [1.807, 2.05) is 17.0 Å². The third-order valence-corrected chi connectivity index (χ3v) is 4.63. The van der Waals surface area contributed by atoms with Crippen molar-refractivity contribution in [2.45, 2.75) is 6.92 Å². The fraction of sp³-hybridized carbons (Fsp3) is 0.250. The van der Waals surface area contributed by atoms with E-state index in [1.165, 1.54) is 6.33 Å². The van der Waals surface area contributed by atoms with Gasteiger partial charge in [-0.25, -0.2) is 19.4 Å². The Morgan fingerprint density at radius 1 is 1.17 bits per heavy atom. The minimum atomic E-state index is -0.453. The van der Waals surface area contributed by atoms with Crippen LogP contribution in [0.15, 0.2) is 55.1 Å². The zero-order chi connectivity index (χ0) is 20.2. The number of carbonyl (C=O) groups is 2. The van der Waals surface area contributed by atoms with Crippen LogP contribution in [0.5, 0.6) is 0 Å². The number of benzene rings is 1. The summed E-state index contributed by atoms with van der Waals surface area (Å²) < 4.78 is 6.70. The fourth-order valence-corrected chi connectivity index (χ4v) is 3.08. The summed E-state index contributed by atoms with van der Waals surface area (Å²) in [5.41, 5.74) is 0.802. The Morgan fingerprint density at radius 3 is 2.72 bits per heavy atom. The molecular formula is C20H20N6O3. The minimum Gasteiger partial charge on any atom is -0.462 e. The van der Waals surface area contributed by atoms with Gasteiger partial charge in [0.25, 0.3) is 0 Å². The number of esters is 1. The molecule has 0 bridgehead atoms. The number of hydrogen-bond acceptors (Lipinski definition) is 7. The molecule has 9 nitrogen and oxygen atoms in total. The summed E-state index contributed by atoms with van der Waals surface area (Å²) in [7, 11) is 0. The lowest BCUT2D eigenvalue weighted by Gasteiger charge is -2.39. The van der Waals surface area contributed by atoms with Crippen LogP contribution < -0.4 is 10.2 Å². The van der Waals surface area contributed by atoms with Gasteiger partial charge in [-0.15, -0.1) is 0 Å². The summed E-state index contributed by atoms with van der Waals surface area (Å²) in [6, 6.07) is 10.5. The summed E-state index contributed by atoms with van der Waals surface area (Å²) in [5, 5.41) is 7.01. The van der Waals surface area contributed by atoms with E-state index in [4.69, 9.17) is 4.74 Å². The molecule has 4 rings (SSSR count). The van der Waals surface area contributed by atoms with Gasteiger partial charge in [0.1, 0.15) is 12.1 Å². The number of amides is 1. The van der Waals surface area contributed by atoms with Crippen LogP contribution in [0.25, 0.3) is 5.82 Å². The highest BCUT2D eigenvalue weighted by atomic mass is 16.5. The molecule has 0 radical (unpaired) electrons. The number of anilines is 2. The highest BCUT2D eigenvalue weighted by Crippen LogP contribution is 2.25. The van der Waals surface area contributed by atoms with Crippen molar-refractivity contribution in [2.24, 2.45) is 5.92 Å².